The molecule has 2 aromatic carbocycles. The van der Waals surface area contributed by atoms with E-state index in [1.54, 1.807) is 39.7 Å². The molecule has 8 rings (SSSR count). The van der Waals surface area contributed by atoms with E-state index in [0.717, 1.165) is 50.3 Å². The summed E-state index contributed by atoms with van der Waals surface area (Å²) >= 11 is 3.21. The Hall–Kier alpha value is -5.71. The number of hydrogen-bond donors (Lipinski definition) is 3. The number of β-amino-alcohol motifs (C(OH)–C–C–N with tert-alkyl or cyclic N) is 1. The number of thiophene rings is 1. The number of para-hydroxylation sites is 1. The maximum atomic E-state index is 14.2. The number of benzene rings is 2. The van der Waals surface area contributed by atoms with E-state index in [0.29, 0.717) is 24.3 Å². The number of nitrogens with zero attached hydrogens (tertiary/aromatic N) is 6. The molecule has 2 aliphatic rings. The second-order valence-corrected chi connectivity index (χ2v) is 18.2. The van der Waals surface area contributed by atoms with E-state index in [2.05, 4.69) is 32.6 Å². The Kier molecular flexibility index (Phi) is 12.2. The fraction of sp³-hybridized carbons (Fsp3) is 0.400. The summed E-state index contributed by atoms with van der Waals surface area (Å²) in [6.07, 6.45) is 0.829. The third-order valence-corrected chi connectivity index (χ3v) is 14.2. The summed E-state index contributed by atoms with van der Waals surface area (Å²) in [6, 6.07) is 17.4. The minimum absolute atomic E-state index is 0.0112. The van der Waals surface area contributed by atoms with Crippen molar-refractivity contribution < 1.29 is 33.9 Å². The van der Waals surface area contributed by atoms with E-state index in [-0.39, 0.29) is 72.6 Å². The van der Waals surface area contributed by atoms with Crippen molar-refractivity contribution in [1.82, 2.24) is 35.5 Å². The number of aliphatic hydroxyl groups is 1. The van der Waals surface area contributed by atoms with Gasteiger partial charge >= 0.3 is 0 Å². The number of aromatic nitrogens is 4. The minimum Gasteiger partial charge on any atom is -0.507 e. The average molecular weight is 864 g/mol. The van der Waals surface area contributed by atoms with Gasteiger partial charge in [-0.3, -0.25) is 14.4 Å². The van der Waals surface area contributed by atoms with Gasteiger partial charge in [-0.2, -0.15) is 0 Å². The zero-order valence-corrected chi connectivity index (χ0v) is 36.3. The number of hydrogen-bond acceptors (Lipinski definition) is 13. The molecule has 2 fully saturated rings. The SMILES string of the molecule is Cc1ncsc1-c1ccc([C@H](C)NC(=O)[C@@H]2C[C@@H](O)CN2C(=O)[C@@H](c2cc(OCC(=O)N3CCC(c4sc5nnc(-c6ccccc6O)cc5c4C)CC3)no2)C(C)C)cc1. The fourth-order valence-electron chi connectivity index (χ4n) is 8.47. The van der Waals surface area contributed by atoms with Gasteiger partial charge in [-0.25, -0.2) is 4.98 Å². The number of aromatic hydroxyl groups is 1. The van der Waals surface area contributed by atoms with Gasteiger partial charge in [0.15, 0.2) is 12.4 Å². The quantitative estimate of drug-likeness (QED) is 0.114. The van der Waals surface area contributed by atoms with Crippen LogP contribution in [0.15, 0.2) is 70.7 Å². The maximum Gasteiger partial charge on any atom is 0.260 e. The number of rotatable bonds is 12. The normalized spacial score (nSPS) is 18.1. The van der Waals surface area contributed by atoms with Crippen LogP contribution in [0.5, 0.6) is 11.6 Å². The lowest BCUT2D eigenvalue weighted by molar-refractivity contribution is -0.141. The molecule has 61 heavy (non-hydrogen) atoms. The highest BCUT2D eigenvalue weighted by Gasteiger charge is 2.43. The van der Waals surface area contributed by atoms with Crippen LogP contribution < -0.4 is 10.1 Å². The number of amides is 3. The number of nitrogens with one attached hydrogen (secondary N) is 1. The summed E-state index contributed by atoms with van der Waals surface area (Å²) in [5.41, 5.74) is 7.16. The molecule has 4 aromatic heterocycles. The molecule has 3 N–H and O–H groups in total. The molecule has 4 atom stereocenters. The first-order chi connectivity index (χ1) is 29.4. The van der Waals surface area contributed by atoms with E-state index in [1.807, 2.05) is 75.7 Å². The highest BCUT2D eigenvalue weighted by molar-refractivity contribution is 7.19. The zero-order valence-electron chi connectivity index (χ0n) is 34.7. The van der Waals surface area contributed by atoms with Gasteiger partial charge in [0.25, 0.3) is 11.8 Å². The largest absolute Gasteiger partial charge is 0.507 e. The van der Waals surface area contributed by atoms with E-state index in [1.165, 1.54) is 15.8 Å². The third kappa shape index (κ3) is 8.74. The van der Waals surface area contributed by atoms with Crippen molar-refractivity contribution >= 4 is 50.6 Å². The lowest BCUT2D eigenvalue weighted by atomic mass is 9.91. The molecule has 0 bridgehead atoms. The number of phenols is 1. The number of fused-ring (bicyclic) bond motifs is 1. The molecular formula is C45H49N7O7S2. The first-order valence-electron chi connectivity index (χ1n) is 20.6. The molecule has 0 saturated carbocycles. The third-order valence-electron chi connectivity index (χ3n) is 11.9. The van der Waals surface area contributed by atoms with Gasteiger partial charge < -0.3 is 34.6 Å². The summed E-state index contributed by atoms with van der Waals surface area (Å²) in [6.45, 7) is 10.6. The van der Waals surface area contributed by atoms with E-state index >= 15 is 0 Å². The molecule has 0 radical (unpaired) electrons. The molecule has 2 saturated heterocycles. The van der Waals surface area contributed by atoms with Crippen molar-refractivity contribution in [2.75, 3.05) is 26.2 Å². The Morgan fingerprint density at radius 2 is 1.77 bits per heavy atom. The molecular weight excluding hydrogens is 815 g/mol. The molecule has 14 nitrogen and oxygen atoms in total. The predicted molar refractivity (Wildman–Crippen MR) is 232 cm³/mol. The van der Waals surface area contributed by atoms with Gasteiger partial charge in [0.1, 0.15) is 22.5 Å². The smallest absolute Gasteiger partial charge is 0.260 e. The summed E-state index contributed by atoms with van der Waals surface area (Å²) < 4.78 is 11.4. The van der Waals surface area contributed by atoms with Crippen LogP contribution in [0.4, 0.5) is 0 Å². The first-order valence-corrected chi connectivity index (χ1v) is 22.3. The van der Waals surface area contributed by atoms with Crippen LogP contribution in [0.2, 0.25) is 0 Å². The molecule has 16 heteroatoms. The molecule has 2 aliphatic heterocycles. The van der Waals surface area contributed by atoms with Gasteiger partial charge in [-0.05, 0) is 85.5 Å². The standard InChI is InChI=1S/C45H49N7O7S2/c1-24(2)40(45(57)52-21-31(53)18-35(52)43(56)47-26(4)28-10-12-29(13-11-28)42-27(5)46-23-60-42)37-20-38(50-59-37)58-22-39(55)51-16-14-30(15-17-51)41-25(3)33-19-34(48-49-44(33)61-41)32-8-6-7-9-36(32)54/h6-13,19-20,23-24,26,30-31,35,40,53-54H,14-18,21-22H2,1-5H3,(H,47,56)/t26-,31+,35-,40+/m0/s1. The van der Waals surface area contributed by atoms with E-state index in [9.17, 15) is 24.6 Å². The molecule has 6 aromatic rings. The minimum atomic E-state index is -0.870. The van der Waals surface area contributed by atoms with Crippen molar-refractivity contribution in [3.8, 4) is 33.3 Å². The summed E-state index contributed by atoms with van der Waals surface area (Å²) in [4.78, 5) is 51.9. The van der Waals surface area contributed by atoms with Crippen LogP contribution >= 0.6 is 22.7 Å². The number of thiazole rings is 1. The Morgan fingerprint density at radius 1 is 1.02 bits per heavy atom. The first kappa shape index (κ1) is 42.0. The second kappa shape index (κ2) is 17.7. The molecule has 6 heterocycles. The Labute approximate surface area is 361 Å². The van der Waals surface area contributed by atoms with Gasteiger partial charge in [0.05, 0.1) is 33.9 Å². The van der Waals surface area contributed by atoms with E-state index < -0.39 is 18.1 Å². The lowest BCUT2D eigenvalue weighted by Crippen LogP contribution is -2.48. The summed E-state index contributed by atoms with van der Waals surface area (Å²) in [5.74, 6) is -1.16. The van der Waals surface area contributed by atoms with Crippen LogP contribution in [0.3, 0.4) is 0 Å². The summed E-state index contributed by atoms with van der Waals surface area (Å²) in [5, 5.41) is 38.0. The number of aliphatic hydroxyl groups excluding tert-OH is 1. The molecule has 318 valence electrons. The maximum absolute atomic E-state index is 14.2. The topological polar surface area (TPSA) is 184 Å². The van der Waals surface area contributed by atoms with Crippen molar-refractivity contribution in [3.05, 3.63) is 93.6 Å². The fourth-order valence-corrected chi connectivity index (χ4v) is 10.6. The van der Waals surface area contributed by atoms with Crippen LogP contribution in [0, 0.1) is 19.8 Å². The Morgan fingerprint density at radius 3 is 2.48 bits per heavy atom. The number of piperidine rings is 1. The van der Waals surface area contributed by atoms with Crippen LogP contribution in [-0.4, -0.2) is 96.5 Å². The van der Waals surface area contributed by atoms with Crippen LogP contribution in [0.25, 0.3) is 31.9 Å². The van der Waals surface area contributed by atoms with Crippen molar-refractivity contribution in [2.24, 2.45) is 5.92 Å². The molecule has 0 unspecified atom stereocenters. The van der Waals surface area contributed by atoms with Crippen molar-refractivity contribution in [1.29, 1.82) is 0 Å². The summed E-state index contributed by atoms with van der Waals surface area (Å²) in [7, 11) is 0. The number of carbonyl (C=O) groups is 3. The lowest BCUT2D eigenvalue weighted by Gasteiger charge is -2.31. The predicted octanol–water partition coefficient (Wildman–Crippen LogP) is 7.16. The monoisotopic (exact) mass is 863 g/mol. The molecule has 3 amide bonds. The zero-order chi connectivity index (χ0) is 42.9. The van der Waals surface area contributed by atoms with Gasteiger partial charge in [0, 0.05) is 47.9 Å². The second-order valence-electron chi connectivity index (χ2n) is 16.3. The van der Waals surface area contributed by atoms with Crippen molar-refractivity contribution in [2.45, 2.75) is 83.9 Å². The van der Waals surface area contributed by atoms with Crippen molar-refractivity contribution in [3.63, 3.8) is 0 Å². The average Bonchev–Trinajstić information content (AvgIpc) is 4.07. The van der Waals surface area contributed by atoms with Gasteiger partial charge in [0.2, 0.25) is 11.8 Å². The highest BCUT2D eigenvalue weighted by atomic mass is 32.1. The Bertz CT molecular complexity index is 2540. The number of ether oxygens (including phenoxy) is 1. The van der Waals surface area contributed by atoms with E-state index in [4.69, 9.17) is 9.26 Å². The number of phenolic OH excluding ortho intramolecular Hbond substituents is 1. The number of aryl methyl sites for hydroxylation is 2. The van der Waals surface area contributed by atoms with Crippen LogP contribution in [0.1, 0.15) is 85.4 Å². The molecule has 0 spiro atoms. The Balaban J connectivity index is 0.855. The van der Waals surface area contributed by atoms with Gasteiger partial charge in [-0.1, -0.05) is 50.2 Å². The number of carbonyl (C=O) groups excluding carboxylic acids is 3. The highest BCUT2D eigenvalue weighted by Crippen LogP contribution is 2.41. The number of likely N-dealkylation sites (tertiary alicyclic amines) is 2. The van der Waals surface area contributed by atoms with Gasteiger partial charge in [-0.15, -0.1) is 32.9 Å². The van der Waals surface area contributed by atoms with Crippen LogP contribution in [-0.2, 0) is 14.4 Å². The molecule has 0 aliphatic carbocycles.